The maximum atomic E-state index is 11.9. The molecule has 0 bridgehead atoms. The van der Waals surface area contributed by atoms with E-state index >= 15 is 0 Å². The molecule has 0 saturated heterocycles. The number of rotatable bonds is 11. The lowest BCUT2D eigenvalue weighted by Crippen LogP contribution is -2.05. The molecule has 0 aliphatic heterocycles. The average Bonchev–Trinajstić information content (AvgIpc) is 3.33. The Kier molecular flexibility index (Phi) is 8.19. The Hall–Kier alpha value is -4.31. The summed E-state index contributed by atoms with van der Waals surface area (Å²) in [7, 11) is 0. The first-order valence-corrected chi connectivity index (χ1v) is 13.3. The summed E-state index contributed by atoms with van der Waals surface area (Å²) in [6.45, 7) is 2.80. The quantitative estimate of drug-likeness (QED) is 0.175. The second-order valence-corrected chi connectivity index (χ2v) is 9.43. The molecule has 4 nitrogen and oxygen atoms in total. The molecule has 4 heteroatoms. The van der Waals surface area contributed by atoms with Gasteiger partial charge in [-0.2, -0.15) is 0 Å². The number of hydrogen-bond donors (Lipinski definition) is 0. The van der Waals surface area contributed by atoms with Crippen LogP contribution in [0.5, 0.6) is 5.75 Å². The molecule has 192 valence electrons. The number of aryl methyl sites for hydroxylation is 3. The van der Waals surface area contributed by atoms with Crippen LogP contribution in [0, 0.1) is 0 Å². The van der Waals surface area contributed by atoms with E-state index in [9.17, 15) is 4.79 Å². The van der Waals surface area contributed by atoms with E-state index in [1.807, 2.05) is 37.3 Å². The van der Waals surface area contributed by atoms with Gasteiger partial charge in [-0.15, -0.1) is 0 Å². The van der Waals surface area contributed by atoms with Gasteiger partial charge in [0.25, 0.3) is 0 Å². The molecule has 0 spiro atoms. The Morgan fingerprint density at radius 3 is 2.16 bits per heavy atom. The van der Waals surface area contributed by atoms with Gasteiger partial charge in [0.05, 0.1) is 12.1 Å². The van der Waals surface area contributed by atoms with E-state index in [1.165, 1.54) is 16.5 Å². The summed E-state index contributed by atoms with van der Waals surface area (Å²) < 4.78 is 13.4. The van der Waals surface area contributed by atoms with Crippen LogP contribution in [0.1, 0.15) is 35.6 Å². The standard InChI is InChI=1S/C34H33NO3/c1-2-37-34(36)22-15-27-14-21-33-32(23-27)29(16-13-26-9-5-3-6-10-26)24-35(33)30-17-19-31(20-18-30)38-25-28-11-7-4-8-12-28/h3-12,14,17-21,23-24H,2,13,15-16,22,25H2,1H3. The number of aromatic nitrogens is 1. The Balaban J connectivity index is 1.39. The predicted molar refractivity (Wildman–Crippen MR) is 153 cm³/mol. The van der Waals surface area contributed by atoms with Crippen LogP contribution in [-0.4, -0.2) is 17.1 Å². The van der Waals surface area contributed by atoms with Gasteiger partial charge in [-0.1, -0.05) is 66.7 Å². The third-order valence-corrected chi connectivity index (χ3v) is 6.76. The summed E-state index contributed by atoms with van der Waals surface area (Å²) in [5.41, 5.74) is 7.17. The maximum Gasteiger partial charge on any atom is 0.306 e. The molecular weight excluding hydrogens is 470 g/mol. The first-order valence-electron chi connectivity index (χ1n) is 13.3. The lowest BCUT2D eigenvalue weighted by molar-refractivity contribution is -0.143. The number of benzene rings is 4. The van der Waals surface area contributed by atoms with Crippen molar-refractivity contribution in [3.63, 3.8) is 0 Å². The zero-order valence-corrected chi connectivity index (χ0v) is 21.8. The van der Waals surface area contributed by atoms with Crippen molar-refractivity contribution in [2.45, 2.75) is 39.2 Å². The normalized spacial score (nSPS) is 11.0. The molecule has 0 atom stereocenters. The Morgan fingerprint density at radius 1 is 0.737 bits per heavy atom. The molecule has 1 aromatic heterocycles. The predicted octanol–water partition coefficient (Wildman–Crippen LogP) is 7.49. The van der Waals surface area contributed by atoms with Crippen LogP contribution < -0.4 is 4.74 Å². The first kappa shape index (κ1) is 25.3. The smallest absolute Gasteiger partial charge is 0.306 e. The highest BCUT2D eigenvalue weighted by atomic mass is 16.5. The average molecular weight is 504 g/mol. The fraction of sp³-hybridized carbons (Fsp3) is 0.206. The number of fused-ring (bicyclic) bond motifs is 1. The molecule has 0 N–H and O–H groups in total. The van der Waals surface area contributed by atoms with Crippen molar-refractivity contribution in [1.82, 2.24) is 4.57 Å². The van der Waals surface area contributed by atoms with Crippen LogP contribution in [-0.2, 0) is 35.4 Å². The molecule has 38 heavy (non-hydrogen) atoms. The van der Waals surface area contributed by atoms with Gasteiger partial charge in [0.1, 0.15) is 12.4 Å². The van der Waals surface area contributed by atoms with Crippen molar-refractivity contribution in [2.24, 2.45) is 0 Å². The Bertz CT molecular complexity index is 1470. The lowest BCUT2D eigenvalue weighted by atomic mass is 10.0. The number of carbonyl (C=O) groups excluding carboxylic acids is 1. The van der Waals surface area contributed by atoms with E-state index in [-0.39, 0.29) is 5.97 Å². The topological polar surface area (TPSA) is 40.5 Å². The first-order chi connectivity index (χ1) is 18.7. The molecular formula is C34H33NO3. The van der Waals surface area contributed by atoms with Crippen LogP contribution in [0.3, 0.4) is 0 Å². The number of esters is 1. The highest BCUT2D eigenvalue weighted by Crippen LogP contribution is 2.29. The number of carbonyl (C=O) groups is 1. The largest absolute Gasteiger partial charge is 0.489 e. The second kappa shape index (κ2) is 12.3. The third-order valence-electron chi connectivity index (χ3n) is 6.76. The minimum atomic E-state index is -0.149. The summed E-state index contributed by atoms with van der Waals surface area (Å²) in [4.78, 5) is 11.9. The van der Waals surface area contributed by atoms with Crippen LogP contribution in [0.2, 0.25) is 0 Å². The molecule has 0 aliphatic carbocycles. The summed E-state index contributed by atoms with van der Waals surface area (Å²) in [5, 5.41) is 1.23. The van der Waals surface area contributed by atoms with E-state index in [0.29, 0.717) is 26.1 Å². The summed E-state index contributed by atoms with van der Waals surface area (Å²) >= 11 is 0. The van der Waals surface area contributed by atoms with Gasteiger partial charge in [0.2, 0.25) is 0 Å². The highest BCUT2D eigenvalue weighted by molar-refractivity contribution is 5.86. The van der Waals surface area contributed by atoms with Gasteiger partial charge in [-0.3, -0.25) is 4.79 Å². The van der Waals surface area contributed by atoms with Gasteiger partial charge in [-0.25, -0.2) is 0 Å². The summed E-state index contributed by atoms with van der Waals surface area (Å²) in [6, 6.07) is 35.6. The van der Waals surface area contributed by atoms with E-state index < -0.39 is 0 Å². The molecule has 0 saturated carbocycles. The molecule has 4 aromatic carbocycles. The molecule has 1 heterocycles. The number of hydrogen-bond acceptors (Lipinski definition) is 3. The van der Waals surface area contributed by atoms with Crippen molar-refractivity contribution < 1.29 is 14.3 Å². The molecule has 0 unspecified atom stereocenters. The van der Waals surface area contributed by atoms with Gasteiger partial charge in [0, 0.05) is 23.7 Å². The van der Waals surface area contributed by atoms with Crippen LogP contribution in [0.4, 0.5) is 0 Å². The Labute approximate surface area is 224 Å². The third kappa shape index (κ3) is 6.33. The molecule has 0 fully saturated rings. The van der Waals surface area contributed by atoms with Crippen molar-refractivity contribution in [1.29, 1.82) is 0 Å². The van der Waals surface area contributed by atoms with Crippen LogP contribution in [0.25, 0.3) is 16.6 Å². The molecule has 5 aromatic rings. The summed E-state index contributed by atoms with van der Waals surface area (Å²) in [6.07, 6.45) is 5.23. The van der Waals surface area contributed by atoms with E-state index in [4.69, 9.17) is 9.47 Å². The summed E-state index contributed by atoms with van der Waals surface area (Å²) in [5.74, 6) is 0.698. The number of ether oxygens (including phenoxy) is 2. The molecule has 0 radical (unpaired) electrons. The van der Waals surface area contributed by atoms with Crippen molar-refractivity contribution in [2.75, 3.05) is 6.61 Å². The minimum absolute atomic E-state index is 0.149. The van der Waals surface area contributed by atoms with E-state index in [0.717, 1.165) is 40.9 Å². The molecule has 0 aliphatic rings. The maximum absolute atomic E-state index is 11.9. The van der Waals surface area contributed by atoms with Gasteiger partial charge in [0.15, 0.2) is 0 Å². The van der Waals surface area contributed by atoms with Crippen molar-refractivity contribution >= 4 is 16.9 Å². The van der Waals surface area contributed by atoms with E-state index in [2.05, 4.69) is 83.6 Å². The van der Waals surface area contributed by atoms with Crippen LogP contribution >= 0.6 is 0 Å². The van der Waals surface area contributed by atoms with Gasteiger partial charge >= 0.3 is 5.97 Å². The fourth-order valence-electron chi connectivity index (χ4n) is 4.76. The monoisotopic (exact) mass is 503 g/mol. The zero-order chi connectivity index (χ0) is 26.2. The fourth-order valence-corrected chi connectivity index (χ4v) is 4.76. The van der Waals surface area contributed by atoms with E-state index in [1.54, 1.807) is 0 Å². The second-order valence-electron chi connectivity index (χ2n) is 9.43. The SMILES string of the molecule is CCOC(=O)CCc1ccc2c(c1)c(CCc1ccccc1)cn2-c1ccc(OCc2ccccc2)cc1. The number of nitrogens with zero attached hydrogens (tertiary/aromatic N) is 1. The van der Waals surface area contributed by atoms with Gasteiger partial charge in [-0.05, 0) is 84.8 Å². The molecule has 0 amide bonds. The van der Waals surface area contributed by atoms with Crippen LogP contribution in [0.15, 0.2) is 109 Å². The highest BCUT2D eigenvalue weighted by Gasteiger charge is 2.12. The Morgan fingerprint density at radius 2 is 1.45 bits per heavy atom. The van der Waals surface area contributed by atoms with Crippen molar-refractivity contribution in [3.05, 3.63) is 132 Å². The molecule has 5 rings (SSSR count). The zero-order valence-electron chi connectivity index (χ0n) is 21.8. The lowest BCUT2D eigenvalue weighted by Gasteiger charge is -2.09. The van der Waals surface area contributed by atoms with Crippen molar-refractivity contribution in [3.8, 4) is 11.4 Å². The van der Waals surface area contributed by atoms with Gasteiger partial charge < -0.3 is 14.0 Å². The minimum Gasteiger partial charge on any atom is -0.489 e.